The number of hydrogen-bond acceptors (Lipinski definition) is 4. The molecular formula is C19H21Br2NO3. The molecule has 2 aromatic rings. The number of benzene rings is 2. The molecule has 3 rings (SSSR count). The van der Waals surface area contributed by atoms with E-state index in [1.54, 1.807) is 18.2 Å². The highest BCUT2D eigenvalue weighted by atomic mass is 79.9. The molecule has 0 bridgehead atoms. The molecule has 1 aliphatic rings. The fourth-order valence-corrected chi connectivity index (χ4v) is 3.94. The van der Waals surface area contributed by atoms with E-state index in [2.05, 4.69) is 27.4 Å². The van der Waals surface area contributed by atoms with Crippen molar-refractivity contribution in [1.82, 2.24) is 4.90 Å². The summed E-state index contributed by atoms with van der Waals surface area (Å²) in [5, 5.41) is 29.7. The SMILES string of the molecule is Br.C=CCN1CCc2c(cc(O)c(O)c2Br)C(c2ccc(O)cc2)C1. The first-order valence-electron chi connectivity index (χ1n) is 7.86. The molecule has 0 saturated heterocycles. The summed E-state index contributed by atoms with van der Waals surface area (Å²) < 4.78 is 0.557. The van der Waals surface area contributed by atoms with E-state index in [0.717, 1.165) is 42.7 Å². The average Bonchev–Trinajstić information content (AvgIpc) is 2.74. The summed E-state index contributed by atoms with van der Waals surface area (Å²) >= 11 is 3.43. The van der Waals surface area contributed by atoms with Crippen molar-refractivity contribution in [3.8, 4) is 17.2 Å². The fraction of sp³-hybridized carbons (Fsp3) is 0.263. The van der Waals surface area contributed by atoms with Gasteiger partial charge in [0, 0.05) is 25.6 Å². The van der Waals surface area contributed by atoms with Crippen molar-refractivity contribution in [1.29, 1.82) is 0 Å². The molecule has 0 saturated carbocycles. The Morgan fingerprint density at radius 3 is 2.52 bits per heavy atom. The van der Waals surface area contributed by atoms with Crippen molar-refractivity contribution in [3.63, 3.8) is 0 Å². The highest BCUT2D eigenvalue weighted by Crippen LogP contribution is 2.43. The average molecular weight is 471 g/mol. The van der Waals surface area contributed by atoms with Crippen molar-refractivity contribution in [2.45, 2.75) is 12.3 Å². The molecule has 0 radical (unpaired) electrons. The van der Waals surface area contributed by atoms with Crippen molar-refractivity contribution in [2.75, 3.05) is 19.6 Å². The Bertz CT molecular complexity index is 762. The Labute approximate surface area is 166 Å². The van der Waals surface area contributed by atoms with Crippen molar-refractivity contribution in [2.24, 2.45) is 0 Å². The fourth-order valence-electron chi connectivity index (χ4n) is 3.31. The summed E-state index contributed by atoms with van der Waals surface area (Å²) in [5.74, 6) is 0.0214. The van der Waals surface area contributed by atoms with Gasteiger partial charge in [-0.25, -0.2) is 0 Å². The van der Waals surface area contributed by atoms with Crippen LogP contribution in [0.25, 0.3) is 0 Å². The Hall–Kier alpha value is -1.50. The minimum Gasteiger partial charge on any atom is -0.508 e. The highest BCUT2D eigenvalue weighted by molar-refractivity contribution is 9.10. The molecule has 0 amide bonds. The van der Waals surface area contributed by atoms with E-state index in [9.17, 15) is 15.3 Å². The predicted octanol–water partition coefficient (Wildman–Crippen LogP) is 4.32. The van der Waals surface area contributed by atoms with E-state index in [4.69, 9.17) is 0 Å². The zero-order valence-electron chi connectivity index (χ0n) is 13.7. The lowest BCUT2D eigenvalue weighted by Crippen LogP contribution is -2.28. The van der Waals surface area contributed by atoms with Crippen LogP contribution in [0.5, 0.6) is 17.2 Å². The number of hydrogen-bond donors (Lipinski definition) is 3. The van der Waals surface area contributed by atoms with Crippen LogP contribution in [0.3, 0.4) is 0 Å². The van der Waals surface area contributed by atoms with Gasteiger partial charge < -0.3 is 15.3 Å². The van der Waals surface area contributed by atoms with Crippen LogP contribution >= 0.6 is 32.9 Å². The quantitative estimate of drug-likeness (QED) is 0.461. The lowest BCUT2D eigenvalue weighted by Gasteiger charge is -2.24. The monoisotopic (exact) mass is 469 g/mol. The number of phenols is 3. The van der Waals surface area contributed by atoms with Gasteiger partial charge in [0.15, 0.2) is 11.5 Å². The zero-order valence-corrected chi connectivity index (χ0v) is 17.0. The summed E-state index contributed by atoms with van der Waals surface area (Å²) in [6.45, 7) is 6.22. The van der Waals surface area contributed by atoms with Gasteiger partial charge in [0.1, 0.15) is 5.75 Å². The van der Waals surface area contributed by atoms with Crippen molar-refractivity contribution >= 4 is 32.9 Å². The minimum atomic E-state index is -0.124. The second kappa shape index (κ2) is 8.25. The lowest BCUT2D eigenvalue weighted by molar-refractivity contribution is 0.306. The smallest absolute Gasteiger partial charge is 0.172 e. The van der Waals surface area contributed by atoms with Crippen LogP contribution in [-0.2, 0) is 6.42 Å². The zero-order chi connectivity index (χ0) is 17.3. The van der Waals surface area contributed by atoms with Gasteiger partial charge in [-0.3, -0.25) is 4.90 Å². The Kier molecular flexibility index (Phi) is 6.54. The maximum absolute atomic E-state index is 10.1. The summed E-state index contributed by atoms with van der Waals surface area (Å²) in [6, 6.07) is 8.81. The third-order valence-corrected chi connectivity index (χ3v) is 5.39. The number of halogens is 2. The molecule has 1 aliphatic heterocycles. The van der Waals surface area contributed by atoms with Gasteiger partial charge in [0.05, 0.1) is 4.47 Å². The van der Waals surface area contributed by atoms with Gasteiger partial charge in [0.2, 0.25) is 0 Å². The number of rotatable bonds is 3. The molecule has 2 aromatic carbocycles. The van der Waals surface area contributed by atoms with Crippen LogP contribution in [0, 0.1) is 0 Å². The molecule has 6 heteroatoms. The summed E-state index contributed by atoms with van der Waals surface area (Å²) in [6.07, 6.45) is 2.65. The molecule has 3 N–H and O–H groups in total. The second-order valence-electron chi connectivity index (χ2n) is 6.07. The first kappa shape index (κ1) is 19.8. The molecule has 0 aromatic heterocycles. The maximum Gasteiger partial charge on any atom is 0.172 e. The lowest BCUT2D eigenvalue weighted by atomic mass is 9.87. The second-order valence-corrected chi connectivity index (χ2v) is 6.86. The molecule has 0 spiro atoms. The van der Waals surface area contributed by atoms with Gasteiger partial charge in [-0.05, 0) is 57.2 Å². The van der Waals surface area contributed by atoms with Gasteiger partial charge in [-0.15, -0.1) is 23.6 Å². The van der Waals surface area contributed by atoms with E-state index in [1.165, 1.54) is 0 Å². The molecule has 1 atom stereocenters. The van der Waals surface area contributed by atoms with E-state index < -0.39 is 0 Å². The van der Waals surface area contributed by atoms with Crippen LogP contribution in [0.15, 0.2) is 47.5 Å². The van der Waals surface area contributed by atoms with Crippen molar-refractivity contribution in [3.05, 3.63) is 64.1 Å². The minimum absolute atomic E-state index is 0. The molecule has 134 valence electrons. The van der Waals surface area contributed by atoms with Crippen LogP contribution in [0.1, 0.15) is 22.6 Å². The molecular weight excluding hydrogens is 450 g/mol. The van der Waals surface area contributed by atoms with E-state index >= 15 is 0 Å². The number of nitrogens with zero attached hydrogens (tertiary/aromatic N) is 1. The molecule has 25 heavy (non-hydrogen) atoms. The standard InChI is InChI=1S/C19H20BrNO3.BrH/c1-2-8-21-9-7-14-15(10-17(23)19(24)18(14)20)16(11-21)12-3-5-13(22)6-4-12;/h2-6,10,16,22-24H,1,7-9,11H2;1H. The van der Waals surface area contributed by atoms with Gasteiger partial charge in [-0.2, -0.15) is 0 Å². The van der Waals surface area contributed by atoms with Crippen molar-refractivity contribution < 1.29 is 15.3 Å². The Morgan fingerprint density at radius 1 is 1.20 bits per heavy atom. The molecule has 1 unspecified atom stereocenters. The number of fused-ring (bicyclic) bond motifs is 1. The normalized spacial score (nSPS) is 17.2. The van der Waals surface area contributed by atoms with Crippen LogP contribution in [-0.4, -0.2) is 39.9 Å². The highest BCUT2D eigenvalue weighted by Gasteiger charge is 2.28. The summed E-state index contributed by atoms with van der Waals surface area (Å²) in [4.78, 5) is 2.30. The van der Waals surface area contributed by atoms with Gasteiger partial charge >= 0.3 is 0 Å². The summed E-state index contributed by atoms with van der Waals surface area (Å²) in [5.41, 5.74) is 3.06. The largest absolute Gasteiger partial charge is 0.508 e. The topological polar surface area (TPSA) is 63.9 Å². The maximum atomic E-state index is 10.1. The predicted molar refractivity (Wildman–Crippen MR) is 108 cm³/mol. The van der Waals surface area contributed by atoms with Crippen LogP contribution in [0.4, 0.5) is 0 Å². The van der Waals surface area contributed by atoms with E-state index in [1.807, 2.05) is 18.2 Å². The molecule has 0 fully saturated rings. The third kappa shape index (κ3) is 4.02. The first-order chi connectivity index (χ1) is 11.5. The van der Waals surface area contributed by atoms with Gasteiger partial charge in [0.25, 0.3) is 0 Å². The molecule has 0 aliphatic carbocycles. The van der Waals surface area contributed by atoms with E-state index in [0.29, 0.717) is 4.47 Å². The Morgan fingerprint density at radius 2 is 1.88 bits per heavy atom. The van der Waals surface area contributed by atoms with E-state index in [-0.39, 0.29) is 40.1 Å². The van der Waals surface area contributed by atoms with Gasteiger partial charge in [-0.1, -0.05) is 18.2 Å². The van der Waals surface area contributed by atoms with Crippen LogP contribution < -0.4 is 0 Å². The summed E-state index contributed by atoms with van der Waals surface area (Å²) in [7, 11) is 0. The first-order valence-corrected chi connectivity index (χ1v) is 8.66. The number of phenolic OH excluding ortho intramolecular Hbond substituents is 3. The third-order valence-electron chi connectivity index (χ3n) is 4.53. The Balaban J connectivity index is 0.00000225. The number of aromatic hydroxyl groups is 3. The molecule has 4 nitrogen and oxygen atoms in total. The van der Waals surface area contributed by atoms with Crippen LogP contribution in [0.2, 0.25) is 0 Å². The molecule has 1 heterocycles.